The molecule has 138 valence electrons. The van der Waals surface area contributed by atoms with Gasteiger partial charge in [0.2, 0.25) is 0 Å². The SMILES string of the molecule is CC(NC(=O)c1ccc2c(n1)CCCC2)c1noc(-c2ccc(Cl)cc2)n1. The van der Waals surface area contributed by atoms with E-state index in [1.165, 1.54) is 12.0 Å². The summed E-state index contributed by atoms with van der Waals surface area (Å²) in [7, 11) is 0. The van der Waals surface area contributed by atoms with Crippen LogP contribution in [0.2, 0.25) is 5.02 Å². The minimum absolute atomic E-state index is 0.242. The molecule has 1 aliphatic rings. The molecule has 1 aliphatic carbocycles. The van der Waals surface area contributed by atoms with Crippen LogP contribution >= 0.6 is 11.6 Å². The second-order valence-electron chi connectivity index (χ2n) is 6.67. The predicted molar refractivity (Wildman–Crippen MR) is 102 cm³/mol. The Balaban J connectivity index is 1.46. The fourth-order valence-electron chi connectivity index (χ4n) is 3.16. The maximum absolute atomic E-state index is 12.6. The second kappa shape index (κ2) is 7.48. The van der Waals surface area contributed by atoms with Gasteiger partial charge >= 0.3 is 0 Å². The number of hydrogen-bond acceptors (Lipinski definition) is 5. The molecule has 7 heteroatoms. The third kappa shape index (κ3) is 3.85. The minimum Gasteiger partial charge on any atom is -0.341 e. The maximum Gasteiger partial charge on any atom is 0.270 e. The van der Waals surface area contributed by atoms with Crippen molar-refractivity contribution in [1.29, 1.82) is 0 Å². The molecule has 0 aliphatic heterocycles. The number of fused-ring (bicyclic) bond motifs is 1. The van der Waals surface area contributed by atoms with Crippen molar-refractivity contribution in [1.82, 2.24) is 20.4 Å². The van der Waals surface area contributed by atoms with Crippen LogP contribution in [0.15, 0.2) is 40.9 Å². The summed E-state index contributed by atoms with van der Waals surface area (Å²) < 4.78 is 5.30. The van der Waals surface area contributed by atoms with Crippen LogP contribution in [0.25, 0.3) is 11.5 Å². The van der Waals surface area contributed by atoms with Crippen LogP contribution in [-0.4, -0.2) is 21.0 Å². The standard InChI is InChI=1S/C20H19ClN4O2/c1-12(18-24-20(27-25-18)14-6-9-15(21)10-7-14)22-19(26)17-11-8-13-4-2-3-5-16(13)23-17/h6-12H,2-5H2,1H3,(H,22,26). The Labute approximate surface area is 162 Å². The van der Waals surface area contributed by atoms with Gasteiger partial charge in [-0.15, -0.1) is 0 Å². The Morgan fingerprint density at radius 2 is 1.89 bits per heavy atom. The molecule has 1 atom stereocenters. The lowest BCUT2D eigenvalue weighted by Crippen LogP contribution is -2.28. The van der Waals surface area contributed by atoms with Gasteiger partial charge in [0.05, 0.1) is 6.04 Å². The Kier molecular flexibility index (Phi) is 4.90. The van der Waals surface area contributed by atoms with E-state index in [9.17, 15) is 4.79 Å². The second-order valence-corrected chi connectivity index (χ2v) is 7.11. The highest BCUT2D eigenvalue weighted by Gasteiger charge is 2.20. The summed E-state index contributed by atoms with van der Waals surface area (Å²) in [6, 6.07) is 10.5. The van der Waals surface area contributed by atoms with Gasteiger partial charge in [0.25, 0.3) is 11.8 Å². The Morgan fingerprint density at radius 1 is 1.11 bits per heavy atom. The topological polar surface area (TPSA) is 80.9 Å². The molecule has 0 saturated heterocycles. The first kappa shape index (κ1) is 17.7. The zero-order chi connectivity index (χ0) is 18.8. The molecule has 0 bridgehead atoms. The van der Waals surface area contributed by atoms with E-state index >= 15 is 0 Å². The molecule has 2 aromatic heterocycles. The van der Waals surface area contributed by atoms with Gasteiger partial charge < -0.3 is 9.84 Å². The van der Waals surface area contributed by atoms with Crippen LogP contribution in [0, 0.1) is 0 Å². The first-order valence-corrected chi connectivity index (χ1v) is 9.37. The maximum atomic E-state index is 12.6. The number of pyridine rings is 1. The molecule has 0 saturated carbocycles. The van der Waals surface area contributed by atoms with E-state index in [0.717, 1.165) is 30.5 Å². The number of nitrogens with zero attached hydrogens (tertiary/aromatic N) is 3. The van der Waals surface area contributed by atoms with Crippen molar-refractivity contribution in [2.24, 2.45) is 0 Å². The van der Waals surface area contributed by atoms with E-state index in [2.05, 4.69) is 20.4 Å². The van der Waals surface area contributed by atoms with E-state index in [4.69, 9.17) is 16.1 Å². The van der Waals surface area contributed by atoms with Gasteiger partial charge in [-0.05, 0) is 68.5 Å². The number of amides is 1. The lowest BCUT2D eigenvalue weighted by Gasteiger charge is -2.16. The summed E-state index contributed by atoms with van der Waals surface area (Å²) in [4.78, 5) is 21.5. The molecular weight excluding hydrogens is 364 g/mol. The minimum atomic E-state index is -0.403. The number of benzene rings is 1. The summed E-state index contributed by atoms with van der Waals surface area (Å²) in [6.07, 6.45) is 4.28. The number of aryl methyl sites for hydroxylation is 2. The van der Waals surface area contributed by atoms with Crippen LogP contribution in [0.4, 0.5) is 0 Å². The molecule has 6 nitrogen and oxygen atoms in total. The molecule has 27 heavy (non-hydrogen) atoms. The van der Waals surface area contributed by atoms with Gasteiger partial charge in [-0.3, -0.25) is 4.79 Å². The summed E-state index contributed by atoms with van der Waals surface area (Å²) in [5, 5.41) is 7.50. The summed E-state index contributed by atoms with van der Waals surface area (Å²) in [5.41, 5.74) is 3.47. The molecule has 0 radical (unpaired) electrons. The number of nitrogens with one attached hydrogen (secondary N) is 1. The first-order chi connectivity index (χ1) is 13.1. The Morgan fingerprint density at radius 3 is 2.70 bits per heavy atom. The third-order valence-electron chi connectivity index (χ3n) is 4.68. The van der Waals surface area contributed by atoms with Crippen molar-refractivity contribution < 1.29 is 9.32 Å². The molecule has 4 rings (SSSR count). The van der Waals surface area contributed by atoms with Gasteiger partial charge in [0.15, 0.2) is 5.82 Å². The van der Waals surface area contributed by atoms with Crippen molar-refractivity contribution in [3.8, 4) is 11.5 Å². The van der Waals surface area contributed by atoms with E-state index in [-0.39, 0.29) is 5.91 Å². The molecule has 2 heterocycles. The predicted octanol–water partition coefficient (Wildman–Crippen LogP) is 4.15. The Hall–Kier alpha value is -2.73. The molecular formula is C20H19ClN4O2. The molecule has 1 unspecified atom stereocenters. The lowest BCUT2D eigenvalue weighted by molar-refractivity contribution is 0.0932. The van der Waals surface area contributed by atoms with E-state index in [1.807, 2.05) is 13.0 Å². The lowest BCUT2D eigenvalue weighted by atomic mass is 9.96. The molecule has 1 N–H and O–H groups in total. The summed E-state index contributed by atoms with van der Waals surface area (Å²) >= 11 is 5.89. The van der Waals surface area contributed by atoms with Gasteiger partial charge in [-0.1, -0.05) is 22.8 Å². The molecule has 0 spiro atoms. The molecule has 0 fully saturated rings. The Bertz CT molecular complexity index is 968. The van der Waals surface area contributed by atoms with Crippen LogP contribution in [-0.2, 0) is 12.8 Å². The number of rotatable bonds is 4. The number of carbonyl (C=O) groups excluding carboxylic acids is 1. The quantitative estimate of drug-likeness (QED) is 0.732. The highest BCUT2D eigenvalue weighted by molar-refractivity contribution is 6.30. The fraction of sp³-hybridized carbons (Fsp3) is 0.300. The summed E-state index contributed by atoms with van der Waals surface area (Å²) in [6.45, 7) is 1.81. The zero-order valence-corrected chi connectivity index (χ0v) is 15.7. The van der Waals surface area contributed by atoms with Gasteiger partial charge in [0, 0.05) is 16.3 Å². The van der Waals surface area contributed by atoms with Crippen molar-refractivity contribution >= 4 is 17.5 Å². The number of carbonyl (C=O) groups is 1. The van der Waals surface area contributed by atoms with Crippen LogP contribution in [0.3, 0.4) is 0 Å². The van der Waals surface area contributed by atoms with E-state index < -0.39 is 6.04 Å². The highest BCUT2D eigenvalue weighted by atomic mass is 35.5. The van der Waals surface area contributed by atoms with Gasteiger partial charge in [0.1, 0.15) is 5.69 Å². The third-order valence-corrected chi connectivity index (χ3v) is 4.93. The normalized spacial score (nSPS) is 14.4. The smallest absolute Gasteiger partial charge is 0.270 e. The van der Waals surface area contributed by atoms with Gasteiger partial charge in [-0.2, -0.15) is 4.98 Å². The molecule has 1 amide bonds. The van der Waals surface area contributed by atoms with Crippen molar-refractivity contribution in [3.05, 3.63) is 64.2 Å². The van der Waals surface area contributed by atoms with E-state index in [0.29, 0.717) is 22.4 Å². The van der Waals surface area contributed by atoms with Crippen molar-refractivity contribution in [2.75, 3.05) is 0 Å². The number of hydrogen-bond donors (Lipinski definition) is 1. The highest BCUT2D eigenvalue weighted by Crippen LogP contribution is 2.22. The van der Waals surface area contributed by atoms with Gasteiger partial charge in [-0.25, -0.2) is 4.98 Å². The van der Waals surface area contributed by atoms with Crippen molar-refractivity contribution in [3.63, 3.8) is 0 Å². The first-order valence-electron chi connectivity index (χ1n) is 8.99. The number of aromatic nitrogens is 3. The average Bonchev–Trinajstić information content (AvgIpc) is 3.18. The van der Waals surface area contributed by atoms with E-state index in [1.54, 1.807) is 30.3 Å². The fourth-order valence-corrected chi connectivity index (χ4v) is 3.29. The molecule has 3 aromatic rings. The van der Waals surface area contributed by atoms with Crippen LogP contribution < -0.4 is 5.32 Å². The number of halogens is 1. The zero-order valence-electron chi connectivity index (χ0n) is 14.9. The van der Waals surface area contributed by atoms with Crippen LogP contribution in [0.5, 0.6) is 0 Å². The monoisotopic (exact) mass is 382 g/mol. The summed E-state index contributed by atoms with van der Waals surface area (Å²) in [5.74, 6) is 0.551. The average molecular weight is 383 g/mol. The van der Waals surface area contributed by atoms with Crippen molar-refractivity contribution in [2.45, 2.75) is 38.6 Å². The van der Waals surface area contributed by atoms with Crippen LogP contribution in [0.1, 0.15) is 53.4 Å². The largest absolute Gasteiger partial charge is 0.341 e. The molecule has 1 aromatic carbocycles.